The van der Waals surface area contributed by atoms with Crippen LogP contribution in [0.25, 0.3) is 10.8 Å². The van der Waals surface area contributed by atoms with Gasteiger partial charge in [0.05, 0.1) is 26.4 Å². The molecule has 4 aliphatic heterocycles. The summed E-state index contributed by atoms with van der Waals surface area (Å²) in [5.41, 5.74) is 2.18. The SMILES string of the molecule is COc1cc(Br)c(CN2CC3CC(c4ccc(N(C)C)c5ccccc45)N4C(=O)N(CCN5CCOCC5)C(=O)C34C2)cc1O. The number of hydrogen-bond donors (Lipinski definition) is 1. The number of amides is 3. The Morgan fingerprint density at radius 1 is 1.04 bits per heavy atom. The number of methoxy groups -OCH3 is 1. The zero-order valence-electron chi connectivity index (χ0n) is 26.0. The Balaban J connectivity index is 1.24. The van der Waals surface area contributed by atoms with Crippen molar-refractivity contribution in [3.05, 3.63) is 64.1 Å². The maximum Gasteiger partial charge on any atom is 0.328 e. The van der Waals surface area contributed by atoms with Crippen LogP contribution in [-0.4, -0.2) is 116 Å². The minimum absolute atomic E-state index is 0.0229. The number of likely N-dealkylation sites (tertiary alicyclic amines) is 1. The molecule has 4 saturated heterocycles. The van der Waals surface area contributed by atoms with Crippen molar-refractivity contribution in [2.45, 2.75) is 24.5 Å². The predicted molar refractivity (Wildman–Crippen MR) is 176 cm³/mol. The van der Waals surface area contributed by atoms with Crippen LogP contribution in [0.4, 0.5) is 10.5 Å². The average Bonchev–Trinajstić information content (AvgIpc) is 3.61. The van der Waals surface area contributed by atoms with E-state index in [-0.39, 0.29) is 29.6 Å². The van der Waals surface area contributed by atoms with E-state index in [2.05, 4.69) is 61.0 Å². The highest BCUT2D eigenvalue weighted by Gasteiger charge is 2.70. The van der Waals surface area contributed by atoms with Crippen molar-refractivity contribution in [2.24, 2.45) is 5.92 Å². The van der Waals surface area contributed by atoms with Crippen LogP contribution in [-0.2, 0) is 16.1 Å². The number of phenolic OH excluding ortho intramolecular Hbond substituents is 1. The molecule has 4 fully saturated rings. The van der Waals surface area contributed by atoms with Crippen molar-refractivity contribution in [3.63, 3.8) is 0 Å². The second-order valence-corrected chi connectivity index (χ2v) is 13.7. The van der Waals surface area contributed by atoms with Crippen LogP contribution in [0.5, 0.6) is 11.5 Å². The van der Waals surface area contributed by atoms with Gasteiger partial charge in [-0.1, -0.05) is 46.3 Å². The Hall–Kier alpha value is -3.38. The first kappa shape index (κ1) is 30.3. The van der Waals surface area contributed by atoms with Gasteiger partial charge in [-0.2, -0.15) is 0 Å². The Morgan fingerprint density at radius 3 is 2.53 bits per heavy atom. The monoisotopic (exact) mass is 677 g/mol. The lowest BCUT2D eigenvalue weighted by Crippen LogP contribution is -2.51. The molecule has 0 radical (unpaired) electrons. The van der Waals surface area contributed by atoms with Crippen molar-refractivity contribution in [3.8, 4) is 11.5 Å². The zero-order chi connectivity index (χ0) is 31.5. The highest BCUT2D eigenvalue weighted by atomic mass is 79.9. The van der Waals surface area contributed by atoms with Gasteiger partial charge in [-0.05, 0) is 41.1 Å². The third-order valence-corrected chi connectivity index (χ3v) is 10.9. The number of carbonyl (C=O) groups excluding carboxylic acids is 2. The first-order chi connectivity index (χ1) is 21.7. The summed E-state index contributed by atoms with van der Waals surface area (Å²) in [4.78, 5) is 39.1. The lowest BCUT2D eigenvalue weighted by Gasteiger charge is -2.33. The number of rotatable bonds is 8. The van der Waals surface area contributed by atoms with Crippen LogP contribution < -0.4 is 9.64 Å². The van der Waals surface area contributed by atoms with Gasteiger partial charge in [-0.15, -0.1) is 0 Å². The lowest BCUT2D eigenvalue weighted by molar-refractivity contribution is -0.133. The number of hydrogen-bond acceptors (Lipinski definition) is 8. The molecule has 1 N–H and O–H groups in total. The summed E-state index contributed by atoms with van der Waals surface area (Å²) in [6.07, 6.45) is 0.714. The summed E-state index contributed by atoms with van der Waals surface area (Å²) in [6.45, 7) is 5.61. The molecule has 45 heavy (non-hydrogen) atoms. The fourth-order valence-electron chi connectivity index (χ4n) is 8.04. The van der Waals surface area contributed by atoms with E-state index in [4.69, 9.17) is 9.47 Å². The molecule has 4 heterocycles. The van der Waals surface area contributed by atoms with Crippen molar-refractivity contribution >= 4 is 44.3 Å². The first-order valence-corrected chi connectivity index (χ1v) is 16.4. The number of fused-ring (bicyclic) bond motifs is 1. The number of halogens is 1. The number of benzene rings is 3. The zero-order valence-corrected chi connectivity index (χ0v) is 27.6. The molecule has 3 aromatic rings. The van der Waals surface area contributed by atoms with E-state index >= 15 is 0 Å². The average molecular weight is 679 g/mol. The second-order valence-electron chi connectivity index (χ2n) is 12.8. The molecule has 3 amide bonds. The number of carbonyl (C=O) groups is 2. The number of ether oxygens (including phenoxy) is 2. The Labute approximate surface area is 272 Å². The van der Waals surface area contributed by atoms with Crippen LogP contribution >= 0.6 is 15.9 Å². The molecule has 0 aliphatic carbocycles. The van der Waals surface area contributed by atoms with Gasteiger partial charge >= 0.3 is 6.03 Å². The third-order valence-electron chi connectivity index (χ3n) is 10.2. The number of aromatic hydroxyl groups is 1. The highest BCUT2D eigenvalue weighted by Crippen LogP contribution is 2.56. The quantitative estimate of drug-likeness (QED) is 0.354. The summed E-state index contributed by atoms with van der Waals surface area (Å²) < 4.78 is 11.6. The molecular formula is C34H40BrN5O5. The fraction of sp³-hybridized carbons (Fsp3) is 0.471. The van der Waals surface area contributed by atoms with Crippen LogP contribution in [0.2, 0.25) is 0 Å². The topological polar surface area (TPSA) is 89.0 Å². The molecule has 3 unspecified atom stereocenters. The van der Waals surface area contributed by atoms with E-state index < -0.39 is 5.54 Å². The minimum Gasteiger partial charge on any atom is -0.504 e. The third kappa shape index (κ3) is 4.95. The van der Waals surface area contributed by atoms with E-state index in [1.807, 2.05) is 25.1 Å². The highest BCUT2D eigenvalue weighted by molar-refractivity contribution is 9.10. The number of imide groups is 1. The van der Waals surface area contributed by atoms with Crippen LogP contribution in [0.1, 0.15) is 23.6 Å². The molecule has 0 bridgehead atoms. The fourth-order valence-corrected chi connectivity index (χ4v) is 8.49. The molecule has 11 heteroatoms. The van der Waals surface area contributed by atoms with Gasteiger partial charge in [-0.3, -0.25) is 19.5 Å². The molecule has 1 spiro atoms. The maximum absolute atomic E-state index is 14.6. The van der Waals surface area contributed by atoms with Crippen molar-refractivity contribution in [1.29, 1.82) is 0 Å². The largest absolute Gasteiger partial charge is 0.504 e. The second kappa shape index (κ2) is 11.8. The minimum atomic E-state index is -0.935. The van der Waals surface area contributed by atoms with E-state index in [1.54, 1.807) is 12.1 Å². The van der Waals surface area contributed by atoms with Crippen LogP contribution in [0, 0.1) is 5.92 Å². The lowest BCUT2D eigenvalue weighted by atomic mass is 9.87. The molecular weight excluding hydrogens is 638 g/mol. The Bertz CT molecular complexity index is 1640. The standard InChI is InChI=1S/C34H40BrN5O5/c1-36(2)28-9-8-26(24-6-4-5-7-25(24)28)29-17-23-20-38(19-22-16-30(41)31(44-3)18-27(22)35)21-34(23)32(42)39(33(43)40(29)34)11-10-37-12-14-45-15-13-37/h4-9,16,18,23,29,41H,10-15,17,19-21H2,1-3H3. The number of anilines is 1. The molecule has 3 aromatic carbocycles. The number of phenols is 1. The molecule has 7 rings (SSSR count). The number of urea groups is 1. The Kier molecular flexibility index (Phi) is 7.92. The Morgan fingerprint density at radius 2 is 1.80 bits per heavy atom. The molecule has 0 saturated carbocycles. The molecule has 10 nitrogen and oxygen atoms in total. The van der Waals surface area contributed by atoms with Gasteiger partial charge in [0.15, 0.2) is 11.5 Å². The molecule has 4 aliphatic rings. The van der Waals surface area contributed by atoms with Crippen LogP contribution in [0.15, 0.2) is 53.0 Å². The first-order valence-electron chi connectivity index (χ1n) is 15.6. The summed E-state index contributed by atoms with van der Waals surface area (Å²) in [5.74, 6) is 0.368. The van der Waals surface area contributed by atoms with Gasteiger partial charge in [0.1, 0.15) is 5.54 Å². The predicted octanol–water partition coefficient (Wildman–Crippen LogP) is 4.29. The summed E-state index contributed by atoms with van der Waals surface area (Å²) >= 11 is 3.64. The summed E-state index contributed by atoms with van der Waals surface area (Å²) in [6, 6.07) is 15.7. The van der Waals surface area contributed by atoms with Crippen LogP contribution in [0.3, 0.4) is 0 Å². The van der Waals surface area contributed by atoms with Crippen molar-refractivity contribution in [1.82, 2.24) is 19.6 Å². The van der Waals surface area contributed by atoms with E-state index in [0.29, 0.717) is 58.1 Å². The molecule has 0 aromatic heterocycles. The van der Waals surface area contributed by atoms with Gasteiger partial charge in [0.25, 0.3) is 5.91 Å². The maximum atomic E-state index is 14.6. The summed E-state index contributed by atoms with van der Waals surface area (Å²) in [7, 11) is 5.61. The number of nitrogens with zero attached hydrogens (tertiary/aromatic N) is 5. The summed E-state index contributed by atoms with van der Waals surface area (Å²) in [5, 5.41) is 12.7. The smallest absolute Gasteiger partial charge is 0.328 e. The molecule has 3 atom stereocenters. The normalized spacial score (nSPS) is 25.3. The van der Waals surface area contributed by atoms with Gasteiger partial charge < -0.3 is 24.4 Å². The van der Waals surface area contributed by atoms with Crippen molar-refractivity contribution < 1.29 is 24.2 Å². The van der Waals surface area contributed by atoms with E-state index in [9.17, 15) is 14.7 Å². The van der Waals surface area contributed by atoms with E-state index in [1.165, 1.54) is 12.0 Å². The van der Waals surface area contributed by atoms with Gasteiger partial charge in [0.2, 0.25) is 0 Å². The van der Waals surface area contributed by atoms with Gasteiger partial charge in [0, 0.05) is 81.4 Å². The molecule has 238 valence electrons. The van der Waals surface area contributed by atoms with E-state index in [0.717, 1.165) is 45.1 Å². The number of morpholine rings is 1. The van der Waals surface area contributed by atoms with Gasteiger partial charge in [-0.25, -0.2) is 4.79 Å². The van der Waals surface area contributed by atoms with Crippen molar-refractivity contribution in [2.75, 3.05) is 78.6 Å².